The predicted octanol–water partition coefficient (Wildman–Crippen LogP) is 1.29. The molecule has 1 amide bonds. The van der Waals surface area contributed by atoms with Gasteiger partial charge in [-0.05, 0) is 18.4 Å². The van der Waals surface area contributed by atoms with Gasteiger partial charge in [-0.25, -0.2) is 4.79 Å². The van der Waals surface area contributed by atoms with E-state index in [1.807, 2.05) is 30.3 Å². The van der Waals surface area contributed by atoms with Gasteiger partial charge in [-0.3, -0.25) is 4.79 Å². The van der Waals surface area contributed by atoms with E-state index >= 15 is 0 Å². The number of rotatable bonds is 3. The molecule has 2 saturated heterocycles. The minimum absolute atomic E-state index is 0.105. The Morgan fingerprint density at radius 3 is 2.75 bits per heavy atom. The summed E-state index contributed by atoms with van der Waals surface area (Å²) in [5, 5.41) is 0. The third-order valence-corrected chi connectivity index (χ3v) is 3.87. The maximum Gasteiger partial charge on any atom is 0.328 e. The third-order valence-electron chi connectivity index (χ3n) is 3.87. The van der Waals surface area contributed by atoms with Crippen LogP contribution in [0, 0.1) is 0 Å². The van der Waals surface area contributed by atoms with Gasteiger partial charge in [-0.2, -0.15) is 0 Å². The zero-order valence-electron chi connectivity index (χ0n) is 11.3. The van der Waals surface area contributed by atoms with E-state index in [2.05, 4.69) is 0 Å². The molecule has 0 bridgehead atoms. The standard InChI is InChI=1S/C15H17NO4/c1-19-15(18)11-8-5-9-16(11)14(17)13-12(20-13)10-6-3-2-4-7-10/h2-4,6-7,11-13H,5,8-9H2,1H3/t11-,12?,13?/m0/s1. The summed E-state index contributed by atoms with van der Waals surface area (Å²) in [6, 6.07) is 9.21. The Morgan fingerprint density at radius 1 is 1.30 bits per heavy atom. The van der Waals surface area contributed by atoms with Crippen molar-refractivity contribution in [3.8, 4) is 0 Å². The summed E-state index contributed by atoms with van der Waals surface area (Å²) >= 11 is 0. The molecule has 0 aromatic heterocycles. The largest absolute Gasteiger partial charge is 0.467 e. The number of methoxy groups -OCH3 is 1. The van der Waals surface area contributed by atoms with Crippen molar-refractivity contribution < 1.29 is 19.1 Å². The number of esters is 1. The number of carbonyl (C=O) groups excluding carboxylic acids is 2. The number of epoxide rings is 1. The highest BCUT2D eigenvalue weighted by molar-refractivity contribution is 5.89. The second-order valence-electron chi connectivity index (χ2n) is 5.10. The molecule has 5 nitrogen and oxygen atoms in total. The van der Waals surface area contributed by atoms with E-state index in [1.54, 1.807) is 4.90 Å². The molecule has 3 atom stereocenters. The molecule has 2 fully saturated rings. The van der Waals surface area contributed by atoms with Crippen molar-refractivity contribution in [3.05, 3.63) is 35.9 Å². The molecule has 2 aliphatic rings. The van der Waals surface area contributed by atoms with Crippen LogP contribution in [0.2, 0.25) is 0 Å². The first-order valence-corrected chi connectivity index (χ1v) is 6.81. The van der Waals surface area contributed by atoms with Crippen LogP contribution in [0.15, 0.2) is 30.3 Å². The molecule has 2 aliphatic heterocycles. The van der Waals surface area contributed by atoms with Gasteiger partial charge in [0.15, 0.2) is 6.10 Å². The number of hydrogen-bond donors (Lipinski definition) is 0. The molecule has 5 heteroatoms. The van der Waals surface area contributed by atoms with Crippen molar-refractivity contribution in [1.82, 2.24) is 4.90 Å². The lowest BCUT2D eigenvalue weighted by Gasteiger charge is -2.21. The molecule has 0 spiro atoms. The van der Waals surface area contributed by atoms with Crippen molar-refractivity contribution in [3.63, 3.8) is 0 Å². The lowest BCUT2D eigenvalue weighted by atomic mass is 10.1. The van der Waals surface area contributed by atoms with Gasteiger partial charge in [0.05, 0.1) is 7.11 Å². The van der Waals surface area contributed by atoms with Crippen LogP contribution in [0.5, 0.6) is 0 Å². The minimum Gasteiger partial charge on any atom is -0.467 e. The molecule has 0 saturated carbocycles. The molecular weight excluding hydrogens is 258 g/mol. The maximum absolute atomic E-state index is 12.4. The van der Waals surface area contributed by atoms with Crippen molar-refractivity contribution in [2.75, 3.05) is 13.7 Å². The maximum atomic E-state index is 12.4. The van der Waals surface area contributed by atoms with E-state index in [1.165, 1.54) is 7.11 Å². The summed E-state index contributed by atoms with van der Waals surface area (Å²) in [6.45, 7) is 0.597. The molecule has 1 aromatic carbocycles. The highest BCUT2D eigenvalue weighted by Gasteiger charge is 2.50. The molecule has 2 unspecified atom stereocenters. The van der Waals surface area contributed by atoms with E-state index in [9.17, 15) is 9.59 Å². The number of benzene rings is 1. The topological polar surface area (TPSA) is 59.1 Å². The van der Waals surface area contributed by atoms with Crippen molar-refractivity contribution in [2.24, 2.45) is 0 Å². The van der Waals surface area contributed by atoms with Gasteiger partial charge in [0.25, 0.3) is 5.91 Å². The normalized spacial score (nSPS) is 28.2. The first-order valence-electron chi connectivity index (χ1n) is 6.81. The summed E-state index contributed by atoms with van der Waals surface area (Å²) in [4.78, 5) is 25.7. The zero-order valence-corrected chi connectivity index (χ0v) is 11.3. The first kappa shape index (κ1) is 13.1. The molecule has 0 radical (unpaired) electrons. The Hall–Kier alpha value is -1.88. The van der Waals surface area contributed by atoms with Crippen LogP contribution in [0.25, 0.3) is 0 Å². The number of amides is 1. The average Bonchev–Trinajstić information content (AvgIpc) is 3.15. The van der Waals surface area contributed by atoms with Crippen LogP contribution in [0.4, 0.5) is 0 Å². The third kappa shape index (κ3) is 2.29. The smallest absolute Gasteiger partial charge is 0.328 e. The SMILES string of the molecule is COC(=O)[C@@H]1CCCN1C(=O)C1OC1c1ccccc1. The molecule has 1 aromatic rings. The summed E-state index contributed by atoms with van der Waals surface area (Å²) in [7, 11) is 1.35. The van der Waals surface area contributed by atoms with Crippen LogP contribution in [-0.2, 0) is 19.1 Å². The van der Waals surface area contributed by atoms with Gasteiger partial charge in [-0.1, -0.05) is 30.3 Å². The van der Waals surface area contributed by atoms with Crippen LogP contribution < -0.4 is 0 Å². The fraction of sp³-hybridized carbons (Fsp3) is 0.467. The fourth-order valence-electron chi connectivity index (χ4n) is 2.77. The molecule has 106 valence electrons. The van der Waals surface area contributed by atoms with Crippen LogP contribution >= 0.6 is 0 Å². The van der Waals surface area contributed by atoms with E-state index in [4.69, 9.17) is 9.47 Å². The van der Waals surface area contributed by atoms with Crippen molar-refractivity contribution in [1.29, 1.82) is 0 Å². The summed E-state index contributed by atoms with van der Waals surface area (Å²) in [5.74, 6) is -0.445. The average molecular weight is 275 g/mol. The lowest BCUT2D eigenvalue weighted by Crippen LogP contribution is -2.43. The Bertz CT molecular complexity index is 516. The Morgan fingerprint density at radius 2 is 2.05 bits per heavy atom. The lowest BCUT2D eigenvalue weighted by molar-refractivity contribution is -0.151. The number of hydrogen-bond acceptors (Lipinski definition) is 4. The van der Waals surface area contributed by atoms with E-state index < -0.39 is 12.1 Å². The Labute approximate surface area is 117 Å². The minimum atomic E-state index is -0.456. The van der Waals surface area contributed by atoms with Gasteiger partial charge < -0.3 is 14.4 Å². The molecule has 3 rings (SSSR count). The van der Waals surface area contributed by atoms with Crippen molar-refractivity contribution >= 4 is 11.9 Å². The highest BCUT2D eigenvalue weighted by Crippen LogP contribution is 2.40. The van der Waals surface area contributed by atoms with Crippen LogP contribution in [-0.4, -0.2) is 42.6 Å². The molecule has 2 heterocycles. The summed E-state index contributed by atoms with van der Waals surface area (Å²) < 4.78 is 10.2. The second-order valence-corrected chi connectivity index (χ2v) is 5.10. The van der Waals surface area contributed by atoms with Crippen LogP contribution in [0.3, 0.4) is 0 Å². The monoisotopic (exact) mass is 275 g/mol. The predicted molar refractivity (Wildman–Crippen MR) is 70.8 cm³/mol. The van der Waals surface area contributed by atoms with Gasteiger partial charge in [0.1, 0.15) is 12.1 Å². The number of ether oxygens (including phenoxy) is 2. The molecule has 0 aliphatic carbocycles. The van der Waals surface area contributed by atoms with Gasteiger partial charge >= 0.3 is 5.97 Å². The van der Waals surface area contributed by atoms with E-state index in [-0.39, 0.29) is 18.0 Å². The Kier molecular flexibility index (Phi) is 3.44. The van der Waals surface area contributed by atoms with E-state index in [0.717, 1.165) is 12.0 Å². The number of carbonyl (C=O) groups is 2. The van der Waals surface area contributed by atoms with Gasteiger partial charge in [-0.15, -0.1) is 0 Å². The fourth-order valence-corrected chi connectivity index (χ4v) is 2.77. The van der Waals surface area contributed by atoms with E-state index in [0.29, 0.717) is 13.0 Å². The number of likely N-dealkylation sites (tertiary alicyclic amines) is 1. The first-order chi connectivity index (χ1) is 9.72. The number of nitrogens with zero attached hydrogens (tertiary/aromatic N) is 1. The quantitative estimate of drug-likeness (QED) is 0.616. The second kappa shape index (κ2) is 5.25. The Balaban J connectivity index is 1.67. The highest BCUT2D eigenvalue weighted by atomic mass is 16.6. The zero-order chi connectivity index (χ0) is 14.1. The van der Waals surface area contributed by atoms with Gasteiger partial charge in [0, 0.05) is 6.54 Å². The van der Waals surface area contributed by atoms with Gasteiger partial charge in [0.2, 0.25) is 0 Å². The molecule has 20 heavy (non-hydrogen) atoms. The molecular formula is C15H17NO4. The molecule has 0 N–H and O–H groups in total. The van der Waals surface area contributed by atoms with Crippen molar-refractivity contribution in [2.45, 2.75) is 31.1 Å². The summed E-state index contributed by atoms with van der Waals surface area (Å²) in [6.07, 6.45) is 0.861. The summed E-state index contributed by atoms with van der Waals surface area (Å²) in [5.41, 5.74) is 1.000. The van der Waals surface area contributed by atoms with Crippen LogP contribution in [0.1, 0.15) is 24.5 Å².